The minimum absolute atomic E-state index is 0.701. The number of hydrogen-bond donors (Lipinski definition) is 0. The summed E-state index contributed by atoms with van der Waals surface area (Å²) in [6.07, 6.45) is 11.1. The number of rotatable bonds is 3. The first-order valence-electron chi connectivity index (χ1n) is 7.88. The van der Waals surface area contributed by atoms with Crippen LogP contribution in [0.3, 0.4) is 0 Å². The van der Waals surface area contributed by atoms with Crippen LogP contribution in [0.1, 0.15) is 17.5 Å². The molecule has 0 spiro atoms. The highest BCUT2D eigenvalue weighted by molar-refractivity contribution is 5.60. The second-order valence-corrected chi connectivity index (χ2v) is 6.06. The van der Waals surface area contributed by atoms with Crippen LogP contribution in [0.2, 0.25) is 0 Å². The Labute approximate surface area is 135 Å². The van der Waals surface area contributed by atoms with Gasteiger partial charge in [-0.3, -0.25) is 4.57 Å². The number of hydrogen-bond acceptors (Lipinski definition) is 4. The van der Waals surface area contributed by atoms with Crippen molar-refractivity contribution in [1.29, 1.82) is 0 Å². The van der Waals surface area contributed by atoms with E-state index in [-0.39, 0.29) is 0 Å². The molecule has 1 aliphatic rings. The van der Waals surface area contributed by atoms with Gasteiger partial charge in [-0.15, -0.1) is 0 Å². The molecule has 0 atom stereocenters. The van der Waals surface area contributed by atoms with Crippen LogP contribution in [0.4, 0.5) is 5.95 Å². The fourth-order valence-electron chi connectivity index (χ4n) is 3.20. The molecular formula is C18H19N5. The number of benzene rings is 1. The molecule has 4 rings (SSSR count). The zero-order valence-electron chi connectivity index (χ0n) is 13.4. The van der Waals surface area contributed by atoms with Crippen molar-refractivity contribution >= 4 is 5.95 Å². The molecule has 5 nitrogen and oxygen atoms in total. The maximum Gasteiger partial charge on any atom is 0.224 e. The molecule has 0 saturated carbocycles. The largest absolute Gasteiger partial charge is 0.347 e. The monoisotopic (exact) mass is 305 g/mol. The van der Waals surface area contributed by atoms with Crippen molar-refractivity contribution in [2.24, 2.45) is 0 Å². The standard InChI is InChI=1S/C18H19N5/c1-22(2)18-20-11-14(12-21-18)17-19-9-10-23(17)16-8-4-6-13-5-3-7-15(13)16/h4,6,8-12H,3,5,7H2,1-2H3. The van der Waals surface area contributed by atoms with Crippen molar-refractivity contribution in [3.8, 4) is 17.1 Å². The first-order valence-corrected chi connectivity index (χ1v) is 7.88. The Bertz CT molecular complexity index is 833. The third kappa shape index (κ3) is 2.38. The third-order valence-corrected chi connectivity index (χ3v) is 4.32. The first-order chi connectivity index (χ1) is 11.2. The van der Waals surface area contributed by atoms with Gasteiger partial charge in [-0.1, -0.05) is 12.1 Å². The average molecular weight is 305 g/mol. The summed E-state index contributed by atoms with van der Waals surface area (Å²) in [6.45, 7) is 0. The highest BCUT2D eigenvalue weighted by atomic mass is 15.2. The molecule has 2 heterocycles. The summed E-state index contributed by atoms with van der Waals surface area (Å²) < 4.78 is 2.15. The van der Waals surface area contributed by atoms with Gasteiger partial charge in [0.05, 0.1) is 11.3 Å². The van der Waals surface area contributed by atoms with E-state index in [1.165, 1.54) is 29.7 Å². The molecule has 0 bridgehead atoms. The second-order valence-electron chi connectivity index (χ2n) is 6.06. The Morgan fingerprint density at radius 1 is 1.04 bits per heavy atom. The Hall–Kier alpha value is -2.69. The van der Waals surface area contributed by atoms with Gasteiger partial charge in [0.1, 0.15) is 5.82 Å². The fraction of sp³-hybridized carbons (Fsp3) is 0.278. The van der Waals surface area contributed by atoms with E-state index in [1.807, 2.05) is 43.8 Å². The van der Waals surface area contributed by atoms with Crippen LogP contribution in [-0.2, 0) is 12.8 Å². The van der Waals surface area contributed by atoms with E-state index < -0.39 is 0 Å². The van der Waals surface area contributed by atoms with Crippen molar-refractivity contribution in [3.63, 3.8) is 0 Å². The van der Waals surface area contributed by atoms with Crippen molar-refractivity contribution in [3.05, 3.63) is 54.1 Å². The second kappa shape index (κ2) is 5.50. The van der Waals surface area contributed by atoms with Crippen LogP contribution in [0.25, 0.3) is 17.1 Å². The lowest BCUT2D eigenvalue weighted by atomic mass is 10.1. The fourth-order valence-corrected chi connectivity index (χ4v) is 3.20. The number of imidazole rings is 1. The predicted octanol–water partition coefficient (Wildman–Crippen LogP) is 2.88. The Morgan fingerprint density at radius 2 is 1.87 bits per heavy atom. The van der Waals surface area contributed by atoms with Crippen LogP contribution < -0.4 is 4.90 Å². The van der Waals surface area contributed by atoms with Crippen molar-refractivity contribution in [2.45, 2.75) is 19.3 Å². The number of nitrogens with zero attached hydrogens (tertiary/aromatic N) is 5. The van der Waals surface area contributed by atoms with E-state index in [2.05, 4.69) is 37.7 Å². The predicted molar refractivity (Wildman–Crippen MR) is 90.9 cm³/mol. The normalized spacial score (nSPS) is 13.1. The van der Waals surface area contributed by atoms with Gasteiger partial charge >= 0.3 is 0 Å². The molecule has 3 aromatic rings. The van der Waals surface area contributed by atoms with Gasteiger partial charge in [-0.2, -0.15) is 0 Å². The number of fused-ring (bicyclic) bond motifs is 1. The van der Waals surface area contributed by atoms with E-state index in [1.54, 1.807) is 0 Å². The van der Waals surface area contributed by atoms with Crippen LogP contribution in [0, 0.1) is 0 Å². The summed E-state index contributed by atoms with van der Waals surface area (Å²) in [4.78, 5) is 15.2. The van der Waals surface area contributed by atoms with Gasteiger partial charge in [0, 0.05) is 38.9 Å². The molecule has 116 valence electrons. The molecule has 0 aliphatic heterocycles. The molecule has 23 heavy (non-hydrogen) atoms. The third-order valence-electron chi connectivity index (χ3n) is 4.32. The van der Waals surface area contributed by atoms with Gasteiger partial charge in [-0.25, -0.2) is 15.0 Å². The maximum atomic E-state index is 4.53. The summed E-state index contributed by atoms with van der Waals surface area (Å²) in [6, 6.07) is 6.54. The molecule has 1 aliphatic carbocycles. The number of aryl methyl sites for hydroxylation is 1. The summed E-state index contributed by atoms with van der Waals surface area (Å²) in [5.74, 6) is 1.59. The van der Waals surface area contributed by atoms with Gasteiger partial charge in [0.2, 0.25) is 5.95 Å². The lowest BCUT2D eigenvalue weighted by Crippen LogP contribution is -2.12. The molecule has 1 aromatic carbocycles. The van der Waals surface area contributed by atoms with Gasteiger partial charge in [-0.05, 0) is 36.5 Å². The molecule has 2 aromatic heterocycles. The van der Waals surface area contributed by atoms with E-state index in [0.717, 1.165) is 17.8 Å². The Balaban J connectivity index is 1.79. The van der Waals surface area contributed by atoms with E-state index in [9.17, 15) is 0 Å². The van der Waals surface area contributed by atoms with Crippen LogP contribution in [0.15, 0.2) is 43.0 Å². The Morgan fingerprint density at radius 3 is 2.65 bits per heavy atom. The summed E-state index contributed by atoms with van der Waals surface area (Å²) >= 11 is 0. The highest BCUT2D eigenvalue weighted by Gasteiger charge is 2.18. The lowest BCUT2D eigenvalue weighted by Gasteiger charge is -2.13. The summed E-state index contributed by atoms with van der Waals surface area (Å²) in [5.41, 5.74) is 5.05. The zero-order chi connectivity index (χ0) is 15.8. The van der Waals surface area contributed by atoms with Gasteiger partial charge < -0.3 is 4.90 Å². The van der Waals surface area contributed by atoms with E-state index in [0.29, 0.717) is 5.95 Å². The molecule has 0 unspecified atom stereocenters. The van der Waals surface area contributed by atoms with E-state index >= 15 is 0 Å². The lowest BCUT2D eigenvalue weighted by molar-refractivity contribution is 0.905. The van der Waals surface area contributed by atoms with Crippen molar-refractivity contribution in [2.75, 3.05) is 19.0 Å². The minimum atomic E-state index is 0.701. The van der Waals surface area contributed by atoms with Gasteiger partial charge in [0.15, 0.2) is 0 Å². The SMILES string of the molecule is CN(C)c1ncc(-c2nccn2-c2cccc3c2CCC3)cn1. The molecule has 0 N–H and O–H groups in total. The van der Waals surface area contributed by atoms with Crippen molar-refractivity contribution < 1.29 is 0 Å². The summed E-state index contributed by atoms with van der Waals surface area (Å²) in [7, 11) is 3.87. The van der Waals surface area contributed by atoms with Gasteiger partial charge in [0.25, 0.3) is 0 Å². The van der Waals surface area contributed by atoms with Crippen molar-refractivity contribution in [1.82, 2.24) is 19.5 Å². The topological polar surface area (TPSA) is 46.8 Å². The molecule has 0 amide bonds. The molecule has 5 heteroatoms. The van der Waals surface area contributed by atoms with Crippen LogP contribution in [-0.4, -0.2) is 33.6 Å². The summed E-state index contributed by atoms with van der Waals surface area (Å²) in [5, 5.41) is 0. The minimum Gasteiger partial charge on any atom is -0.347 e. The number of anilines is 1. The maximum absolute atomic E-state index is 4.53. The average Bonchev–Trinajstić information content (AvgIpc) is 3.23. The molecule has 0 fully saturated rings. The zero-order valence-corrected chi connectivity index (χ0v) is 13.4. The molecule has 0 saturated heterocycles. The van der Waals surface area contributed by atoms with Crippen LogP contribution in [0.5, 0.6) is 0 Å². The van der Waals surface area contributed by atoms with Crippen LogP contribution >= 0.6 is 0 Å². The highest BCUT2D eigenvalue weighted by Crippen LogP contribution is 2.30. The molecule has 0 radical (unpaired) electrons. The first kappa shape index (κ1) is 13.9. The number of aromatic nitrogens is 4. The molecular weight excluding hydrogens is 286 g/mol. The Kier molecular flexibility index (Phi) is 3.33. The van der Waals surface area contributed by atoms with E-state index in [4.69, 9.17) is 0 Å². The quantitative estimate of drug-likeness (QED) is 0.746. The smallest absolute Gasteiger partial charge is 0.224 e.